The van der Waals surface area contributed by atoms with Crippen molar-refractivity contribution >= 4 is 16.7 Å². The van der Waals surface area contributed by atoms with Crippen LogP contribution in [0.5, 0.6) is 5.75 Å². The molecule has 0 N–H and O–H groups in total. The third kappa shape index (κ3) is 5.46. The summed E-state index contributed by atoms with van der Waals surface area (Å²) in [6.07, 6.45) is 5.37. The monoisotopic (exact) mass is 501 g/mol. The van der Waals surface area contributed by atoms with Crippen molar-refractivity contribution in [1.29, 1.82) is 0 Å². The molecule has 1 saturated carbocycles. The smallest absolute Gasteiger partial charge is 0.165 e. The Labute approximate surface area is 217 Å². The summed E-state index contributed by atoms with van der Waals surface area (Å²) in [7, 11) is 0. The van der Waals surface area contributed by atoms with Crippen LogP contribution in [0.2, 0.25) is 0 Å². The molecule has 0 bridgehead atoms. The first kappa shape index (κ1) is 25.2. The van der Waals surface area contributed by atoms with Gasteiger partial charge in [0.05, 0.1) is 11.6 Å². The quantitative estimate of drug-likeness (QED) is 0.216. The Bertz CT molecular complexity index is 1400. The van der Waals surface area contributed by atoms with Crippen molar-refractivity contribution in [3.8, 4) is 5.75 Å². The molecule has 5 rings (SSSR count). The molecule has 0 saturated heterocycles. The standard InChI is InChI=1S/C32H33F2NO2/c1-21(2)32-31(30(36)17-13-22-12-16-27(33)28(34)18-22)26-15-14-25(37-24-10-6-7-11-24)19-29(26)35(32)20-23-8-4-3-5-9-23/h3-5,8-9,12,14-16,18-19,21,24H,6-7,10-11,13,17,20H2,1-2H3. The first-order valence-corrected chi connectivity index (χ1v) is 13.2. The summed E-state index contributed by atoms with van der Waals surface area (Å²) >= 11 is 0. The number of nitrogens with zero attached hydrogens (tertiary/aromatic N) is 1. The van der Waals surface area contributed by atoms with Gasteiger partial charge in [-0.05, 0) is 73.4 Å². The van der Waals surface area contributed by atoms with Gasteiger partial charge in [0.1, 0.15) is 5.75 Å². The Hall–Kier alpha value is -3.47. The Morgan fingerprint density at radius 3 is 2.41 bits per heavy atom. The van der Waals surface area contributed by atoms with Crippen molar-refractivity contribution in [2.45, 2.75) is 70.9 Å². The number of carbonyl (C=O) groups is 1. The van der Waals surface area contributed by atoms with Gasteiger partial charge in [-0.25, -0.2) is 8.78 Å². The average molecular weight is 502 g/mol. The van der Waals surface area contributed by atoms with Crippen LogP contribution in [0, 0.1) is 11.6 Å². The number of carbonyl (C=O) groups excluding carboxylic acids is 1. The minimum absolute atomic E-state index is 0.00899. The Balaban J connectivity index is 1.55. The molecule has 3 nitrogen and oxygen atoms in total. The van der Waals surface area contributed by atoms with Crippen molar-refractivity contribution in [3.05, 3.63) is 101 Å². The molecule has 5 heteroatoms. The van der Waals surface area contributed by atoms with Gasteiger partial charge >= 0.3 is 0 Å². The van der Waals surface area contributed by atoms with E-state index in [1.165, 1.54) is 18.9 Å². The van der Waals surface area contributed by atoms with Crippen molar-refractivity contribution < 1.29 is 18.3 Å². The van der Waals surface area contributed by atoms with Gasteiger partial charge in [0.25, 0.3) is 0 Å². The van der Waals surface area contributed by atoms with E-state index in [-0.39, 0.29) is 24.2 Å². The largest absolute Gasteiger partial charge is 0.490 e. The molecule has 0 unspecified atom stereocenters. The normalized spacial score (nSPS) is 14.1. The van der Waals surface area contributed by atoms with Crippen LogP contribution in [0.4, 0.5) is 8.78 Å². The number of fused-ring (bicyclic) bond motifs is 1. The summed E-state index contributed by atoms with van der Waals surface area (Å²) in [6.45, 7) is 4.86. The highest BCUT2D eigenvalue weighted by molar-refractivity contribution is 6.10. The summed E-state index contributed by atoms with van der Waals surface area (Å²) in [6, 6.07) is 20.2. The maximum atomic E-state index is 13.7. The van der Waals surface area contributed by atoms with E-state index in [0.29, 0.717) is 18.5 Å². The van der Waals surface area contributed by atoms with Crippen LogP contribution in [0.25, 0.3) is 10.9 Å². The first-order valence-electron chi connectivity index (χ1n) is 13.2. The summed E-state index contributed by atoms with van der Waals surface area (Å²) in [5.41, 5.74) is 4.46. The number of rotatable bonds is 9. The van der Waals surface area contributed by atoms with Crippen LogP contribution in [0.3, 0.4) is 0 Å². The topological polar surface area (TPSA) is 31.2 Å². The van der Waals surface area contributed by atoms with Gasteiger partial charge < -0.3 is 9.30 Å². The van der Waals surface area contributed by atoms with Gasteiger partial charge in [-0.15, -0.1) is 0 Å². The predicted octanol–water partition coefficient (Wildman–Crippen LogP) is 8.23. The molecule has 0 amide bonds. The molecule has 1 aromatic heterocycles. The minimum Gasteiger partial charge on any atom is -0.490 e. The lowest BCUT2D eigenvalue weighted by Crippen LogP contribution is -2.11. The van der Waals surface area contributed by atoms with Gasteiger partial charge in [0, 0.05) is 35.7 Å². The summed E-state index contributed by atoms with van der Waals surface area (Å²) < 4.78 is 35.7. The van der Waals surface area contributed by atoms with E-state index in [9.17, 15) is 13.6 Å². The molecule has 1 aliphatic carbocycles. The molecule has 0 atom stereocenters. The maximum absolute atomic E-state index is 13.7. The average Bonchev–Trinajstić information content (AvgIpc) is 3.51. The molecule has 0 aliphatic heterocycles. The third-order valence-electron chi connectivity index (χ3n) is 7.32. The number of hydrogen-bond acceptors (Lipinski definition) is 2. The Morgan fingerprint density at radius 2 is 1.70 bits per heavy atom. The zero-order valence-electron chi connectivity index (χ0n) is 21.5. The number of benzene rings is 3. The van der Waals surface area contributed by atoms with E-state index in [0.717, 1.165) is 52.4 Å². The van der Waals surface area contributed by atoms with E-state index in [2.05, 4.69) is 36.6 Å². The summed E-state index contributed by atoms with van der Waals surface area (Å²) in [4.78, 5) is 13.7. The van der Waals surface area contributed by atoms with Gasteiger partial charge in [-0.1, -0.05) is 50.2 Å². The molecule has 0 spiro atoms. The lowest BCUT2D eigenvalue weighted by atomic mass is 9.96. The van der Waals surface area contributed by atoms with Gasteiger partial charge in [0.15, 0.2) is 17.4 Å². The second-order valence-electron chi connectivity index (χ2n) is 10.4. The van der Waals surface area contributed by atoms with Crippen LogP contribution in [0.15, 0.2) is 66.7 Å². The van der Waals surface area contributed by atoms with E-state index in [1.54, 1.807) is 6.07 Å². The highest BCUT2D eigenvalue weighted by Crippen LogP contribution is 2.36. The van der Waals surface area contributed by atoms with Crippen LogP contribution >= 0.6 is 0 Å². The molecule has 3 aromatic carbocycles. The van der Waals surface area contributed by atoms with Gasteiger partial charge in [-0.3, -0.25) is 4.79 Å². The number of aromatic nitrogens is 1. The zero-order valence-corrected chi connectivity index (χ0v) is 21.5. The molecule has 1 heterocycles. The van der Waals surface area contributed by atoms with Crippen molar-refractivity contribution in [3.63, 3.8) is 0 Å². The lowest BCUT2D eigenvalue weighted by molar-refractivity contribution is 0.0982. The minimum atomic E-state index is -0.887. The number of aryl methyl sites for hydroxylation is 1. The second kappa shape index (κ2) is 10.9. The molecule has 37 heavy (non-hydrogen) atoms. The highest BCUT2D eigenvalue weighted by Gasteiger charge is 2.25. The van der Waals surface area contributed by atoms with E-state index in [4.69, 9.17) is 4.74 Å². The molecule has 192 valence electrons. The van der Waals surface area contributed by atoms with E-state index < -0.39 is 11.6 Å². The Morgan fingerprint density at radius 1 is 0.946 bits per heavy atom. The molecule has 0 radical (unpaired) electrons. The van der Waals surface area contributed by atoms with Crippen molar-refractivity contribution in [1.82, 2.24) is 4.57 Å². The van der Waals surface area contributed by atoms with Crippen LogP contribution in [0.1, 0.15) is 79.0 Å². The third-order valence-corrected chi connectivity index (χ3v) is 7.32. The van der Waals surface area contributed by atoms with Crippen LogP contribution < -0.4 is 4.74 Å². The van der Waals surface area contributed by atoms with Gasteiger partial charge in [-0.2, -0.15) is 0 Å². The molecule has 4 aromatic rings. The molecular formula is C32H33F2NO2. The molecule has 1 fully saturated rings. The number of Topliss-reactive ketones (excluding diaryl/α,β-unsaturated/α-hetero) is 1. The summed E-state index contributed by atoms with van der Waals surface area (Å²) in [5, 5.41) is 0.911. The van der Waals surface area contributed by atoms with Crippen molar-refractivity contribution in [2.75, 3.05) is 0 Å². The Kier molecular flexibility index (Phi) is 7.40. The van der Waals surface area contributed by atoms with Crippen molar-refractivity contribution in [2.24, 2.45) is 0 Å². The summed E-state index contributed by atoms with van der Waals surface area (Å²) in [5.74, 6) is -0.812. The van der Waals surface area contributed by atoms with E-state index in [1.807, 2.05) is 30.3 Å². The lowest BCUT2D eigenvalue weighted by Gasteiger charge is -2.16. The molecular weight excluding hydrogens is 468 g/mol. The SMILES string of the molecule is CC(C)c1c(C(=O)CCc2ccc(F)c(F)c2)c2ccc(OC3CCCC3)cc2n1Cc1ccccc1. The van der Waals surface area contributed by atoms with Crippen LogP contribution in [-0.4, -0.2) is 16.5 Å². The fourth-order valence-electron chi connectivity index (χ4n) is 5.53. The fourth-order valence-corrected chi connectivity index (χ4v) is 5.53. The molecule has 1 aliphatic rings. The number of halogens is 2. The first-order chi connectivity index (χ1) is 17.9. The fraction of sp³-hybridized carbons (Fsp3) is 0.344. The van der Waals surface area contributed by atoms with Gasteiger partial charge in [0.2, 0.25) is 0 Å². The highest BCUT2D eigenvalue weighted by atomic mass is 19.2. The van der Waals surface area contributed by atoms with Crippen LogP contribution in [-0.2, 0) is 13.0 Å². The predicted molar refractivity (Wildman–Crippen MR) is 143 cm³/mol. The second-order valence-corrected chi connectivity index (χ2v) is 10.4. The zero-order chi connectivity index (χ0) is 25.9. The number of ether oxygens (including phenoxy) is 1. The number of ketones is 1. The van der Waals surface area contributed by atoms with E-state index >= 15 is 0 Å². The number of hydrogen-bond donors (Lipinski definition) is 0. The maximum Gasteiger partial charge on any atom is 0.165 e.